The highest BCUT2D eigenvalue weighted by atomic mass is 15.1. The Balaban J connectivity index is 2.32. The lowest BCUT2D eigenvalue weighted by Gasteiger charge is -2.15. The van der Waals surface area contributed by atoms with Crippen molar-refractivity contribution in [2.24, 2.45) is 0 Å². The van der Waals surface area contributed by atoms with Gasteiger partial charge in [-0.1, -0.05) is 37.1 Å². The fraction of sp³-hybridized carbons (Fsp3) is 0.444. The van der Waals surface area contributed by atoms with E-state index in [1.165, 1.54) is 16.7 Å². The third-order valence-electron chi connectivity index (χ3n) is 3.92. The Hall–Kier alpha value is -2.10. The second kappa shape index (κ2) is 7.25. The van der Waals surface area contributed by atoms with Gasteiger partial charge in [-0.15, -0.1) is 0 Å². The number of hydrogen-bond donors (Lipinski definition) is 2. The summed E-state index contributed by atoms with van der Waals surface area (Å²) in [6, 6.07) is 6.56. The van der Waals surface area contributed by atoms with E-state index >= 15 is 0 Å². The molecule has 0 unspecified atom stereocenters. The Labute approximate surface area is 133 Å². The smallest absolute Gasteiger partial charge is 0.222 e. The molecule has 0 aliphatic rings. The van der Waals surface area contributed by atoms with Crippen molar-refractivity contribution in [1.82, 2.24) is 9.97 Å². The molecule has 1 aromatic carbocycles. The van der Waals surface area contributed by atoms with Crippen molar-refractivity contribution >= 4 is 11.8 Å². The first kappa shape index (κ1) is 16.3. The number of anilines is 2. The van der Waals surface area contributed by atoms with Crippen LogP contribution in [0.25, 0.3) is 0 Å². The molecule has 22 heavy (non-hydrogen) atoms. The van der Waals surface area contributed by atoms with Gasteiger partial charge in [-0.3, -0.25) is 0 Å². The number of nitrogens with one attached hydrogen (secondary N) is 1. The van der Waals surface area contributed by atoms with E-state index in [0.29, 0.717) is 5.95 Å². The molecule has 1 heterocycles. The van der Waals surface area contributed by atoms with Gasteiger partial charge in [-0.25, -0.2) is 4.98 Å². The summed E-state index contributed by atoms with van der Waals surface area (Å²) < 4.78 is 0. The molecular formula is C18H26N4. The van der Waals surface area contributed by atoms with Crippen LogP contribution in [-0.2, 0) is 6.42 Å². The Morgan fingerprint density at radius 2 is 1.91 bits per heavy atom. The predicted octanol–water partition coefficient (Wildman–Crippen LogP) is 3.79. The van der Waals surface area contributed by atoms with E-state index in [1.807, 2.05) is 6.92 Å². The summed E-state index contributed by atoms with van der Waals surface area (Å²) in [5, 5.41) is 3.42. The normalized spacial score (nSPS) is 10.7. The summed E-state index contributed by atoms with van der Waals surface area (Å²) in [5.74, 6) is 1.21. The van der Waals surface area contributed by atoms with Gasteiger partial charge in [0.2, 0.25) is 5.95 Å². The van der Waals surface area contributed by atoms with Crippen LogP contribution in [-0.4, -0.2) is 16.5 Å². The summed E-state index contributed by atoms with van der Waals surface area (Å²) >= 11 is 0. The van der Waals surface area contributed by atoms with E-state index in [-0.39, 0.29) is 0 Å². The minimum absolute atomic E-state index is 0.334. The van der Waals surface area contributed by atoms with Crippen LogP contribution in [0.1, 0.15) is 47.7 Å². The van der Waals surface area contributed by atoms with Gasteiger partial charge < -0.3 is 11.1 Å². The molecule has 2 aromatic rings. The maximum absolute atomic E-state index is 5.81. The average Bonchev–Trinajstić information content (AvgIpc) is 2.44. The molecule has 3 N–H and O–H groups in total. The van der Waals surface area contributed by atoms with E-state index in [2.05, 4.69) is 54.3 Å². The topological polar surface area (TPSA) is 63.8 Å². The number of unbranched alkanes of at least 4 members (excludes halogenated alkanes) is 1. The fourth-order valence-corrected chi connectivity index (χ4v) is 2.59. The molecule has 0 fully saturated rings. The first-order chi connectivity index (χ1) is 10.5. The molecule has 118 valence electrons. The molecule has 0 aliphatic carbocycles. The molecule has 2 rings (SSSR count). The van der Waals surface area contributed by atoms with Crippen molar-refractivity contribution in [3.63, 3.8) is 0 Å². The highest BCUT2D eigenvalue weighted by Crippen LogP contribution is 2.23. The zero-order valence-corrected chi connectivity index (χ0v) is 14.0. The van der Waals surface area contributed by atoms with Crippen molar-refractivity contribution in [3.05, 3.63) is 46.1 Å². The number of nitrogen functional groups attached to an aromatic ring is 1. The SMILES string of the molecule is CCCCNc1nc(N)nc(C)c1Cc1ccc(C)cc1C. The number of rotatable bonds is 6. The van der Waals surface area contributed by atoms with Crippen molar-refractivity contribution in [2.45, 2.75) is 47.0 Å². The zero-order chi connectivity index (χ0) is 16.1. The number of nitrogens with two attached hydrogens (primary N) is 1. The lowest BCUT2D eigenvalue weighted by atomic mass is 9.98. The minimum Gasteiger partial charge on any atom is -0.370 e. The summed E-state index contributed by atoms with van der Waals surface area (Å²) in [6.45, 7) is 9.36. The van der Waals surface area contributed by atoms with Gasteiger partial charge in [0.05, 0.1) is 0 Å². The highest BCUT2D eigenvalue weighted by molar-refractivity contribution is 5.52. The lowest BCUT2D eigenvalue weighted by Crippen LogP contribution is -2.11. The molecule has 0 aliphatic heterocycles. The average molecular weight is 298 g/mol. The van der Waals surface area contributed by atoms with Crippen molar-refractivity contribution in [3.8, 4) is 0 Å². The Bertz CT molecular complexity index is 650. The van der Waals surface area contributed by atoms with Crippen LogP contribution >= 0.6 is 0 Å². The summed E-state index contributed by atoms with van der Waals surface area (Å²) in [5.41, 5.74) is 11.8. The molecule has 0 amide bonds. The lowest BCUT2D eigenvalue weighted by molar-refractivity contribution is 0.827. The van der Waals surface area contributed by atoms with Crippen LogP contribution in [0, 0.1) is 20.8 Å². The second-order valence-electron chi connectivity index (χ2n) is 5.88. The van der Waals surface area contributed by atoms with Crippen LogP contribution in [0.2, 0.25) is 0 Å². The van der Waals surface area contributed by atoms with Crippen molar-refractivity contribution in [2.75, 3.05) is 17.6 Å². The number of nitrogens with zero attached hydrogens (tertiary/aromatic N) is 2. The second-order valence-corrected chi connectivity index (χ2v) is 5.88. The predicted molar refractivity (Wildman–Crippen MR) is 93.3 cm³/mol. The van der Waals surface area contributed by atoms with Crippen LogP contribution in [0.4, 0.5) is 11.8 Å². The number of aromatic nitrogens is 2. The first-order valence-electron chi connectivity index (χ1n) is 7.94. The maximum atomic E-state index is 5.81. The number of aryl methyl sites for hydroxylation is 3. The molecule has 0 saturated heterocycles. The van der Waals surface area contributed by atoms with E-state index in [9.17, 15) is 0 Å². The Morgan fingerprint density at radius 3 is 2.59 bits per heavy atom. The molecule has 0 atom stereocenters. The minimum atomic E-state index is 0.334. The molecule has 0 bridgehead atoms. The molecule has 0 radical (unpaired) electrons. The van der Waals surface area contributed by atoms with E-state index in [1.54, 1.807) is 0 Å². The number of benzene rings is 1. The number of hydrogen-bond acceptors (Lipinski definition) is 4. The molecular weight excluding hydrogens is 272 g/mol. The highest BCUT2D eigenvalue weighted by Gasteiger charge is 2.12. The molecule has 4 heteroatoms. The van der Waals surface area contributed by atoms with Crippen LogP contribution in [0.5, 0.6) is 0 Å². The van der Waals surface area contributed by atoms with E-state index in [0.717, 1.165) is 42.9 Å². The molecule has 0 saturated carbocycles. The Morgan fingerprint density at radius 1 is 1.14 bits per heavy atom. The van der Waals surface area contributed by atoms with Crippen molar-refractivity contribution in [1.29, 1.82) is 0 Å². The maximum Gasteiger partial charge on any atom is 0.222 e. The fourth-order valence-electron chi connectivity index (χ4n) is 2.59. The monoisotopic (exact) mass is 298 g/mol. The molecule has 4 nitrogen and oxygen atoms in total. The van der Waals surface area contributed by atoms with Crippen molar-refractivity contribution < 1.29 is 0 Å². The largest absolute Gasteiger partial charge is 0.370 e. The summed E-state index contributed by atoms with van der Waals surface area (Å²) in [4.78, 5) is 8.74. The van der Waals surface area contributed by atoms with Crippen LogP contribution in [0.3, 0.4) is 0 Å². The quantitative estimate of drug-likeness (QED) is 0.796. The molecule has 1 aromatic heterocycles. The molecule has 0 spiro atoms. The van der Waals surface area contributed by atoms with E-state index in [4.69, 9.17) is 5.73 Å². The summed E-state index contributed by atoms with van der Waals surface area (Å²) in [6.07, 6.45) is 3.09. The third-order valence-corrected chi connectivity index (χ3v) is 3.92. The summed E-state index contributed by atoms with van der Waals surface area (Å²) in [7, 11) is 0. The van der Waals surface area contributed by atoms with Gasteiger partial charge in [0.15, 0.2) is 0 Å². The van der Waals surface area contributed by atoms with Crippen LogP contribution in [0.15, 0.2) is 18.2 Å². The van der Waals surface area contributed by atoms with Gasteiger partial charge in [-0.05, 0) is 38.3 Å². The van der Waals surface area contributed by atoms with Crippen LogP contribution < -0.4 is 11.1 Å². The van der Waals surface area contributed by atoms with Gasteiger partial charge in [0.25, 0.3) is 0 Å². The van der Waals surface area contributed by atoms with Gasteiger partial charge >= 0.3 is 0 Å². The standard InChI is InChI=1S/C18H26N4/c1-5-6-9-20-17-16(14(4)21-18(19)22-17)11-15-8-7-12(2)10-13(15)3/h7-8,10H,5-6,9,11H2,1-4H3,(H3,19,20,21,22). The first-order valence-corrected chi connectivity index (χ1v) is 7.94. The van der Waals surface area contributed by atoms with Gasteiger partial charge in [0.1, 0.15) is 5.82 Å². The zero-order valence-electron chi connectivity index (χ0n) is 14.0. The Kier molecular flexibility index (Phi) is 5.36. The van der Waals surface area contributed by atoms with Gasteiger partial charge in [0, 0.05) is 24.2 Å². The third kappa shape index (κ3) is 3.97. The van der Waals surface area contributed by atoms with E-state index < -0.39 is 0 Å². The van der Waals surface area contributed by atoms with Gasteiger partial charge in [-0.2, -0.15) is 4.98 Å².